The Kier molecular flexibility index (Phi) is 8.35. The Balaban J connectivity index is 2.53. The third kappa shape index (κ3) is 6.07. The van der Waals surface area contributed by atoms with Gasteiger partial charge in [-0.3, -0.25) is 0 Å². The van der Waals surface area contributed by atoms with Crippen molar-refractivity contribution < 1.29 is 4.74 Å². The van der Waals surface area contributed by atoms with Crippen molar-refractivity contribution in [3.63, 3.8) is 0 Å². The summed E-state index contributed by atoms with van der Waals surface area (Å²) in [5, 5.41) is 4.15. The zero-order valence-corrected chi connectivity index (χ0v) is 13.6. The third-order valence-electron chi connectivity index (χ3n) is 2.85. The van der Waals surface area contributed by atoms with Crippen LogP contribution < -0.4 is 10.1 Å². The highest BCUT2D eigenvalue weighted by atomic mass is 35.5. The van der Waals surface area contributed by atoms with E-state index in [1.54, 1.807) is 0 Å². The summed E-state index contributed by atoms with van der Waals surface area (Å²) < 4.78 is 5.68. The van der Waals surface area contributed by atoms with Crippen molar-refractivity contribution in [2.45, 2.75) is 33.2 Å². The molecule has 2 nitrogen and oxygen atoms in total. The van der Waals surface area contributed by atoms with E-state index in [0.29, 0.717) is 17.7 Å². The van der Waals surface area contributed by atoms with Crippen LogP contribution in [0.5, 0.6) is 5.75 Å². The minimum absolute atomic E-state index is 0.321. The first kappa shape index (κ1) is 16.7. The van der Waals surface area contributed by atoms with Gasteiger partial charge in [-0.2, -0.15) is 11.8 Å². The largest absolute Gasteiger partial charge is 0.491 e. The van der Waals surface area contributed by atoms with Crippen LogP contribution in [0, 0.1) is 0 Å². The van der Waals surface area contributed by atoms with E-state index in [0.717, 1.165) is 30.2 Å². The highest BCUT2D eigenvalue weighted by molar-refractivity contribution is 7.99. The van der Waals surface area contributed by atoms with Crippen LogP contribution in [-0.2, 0) is 0 Å². The minimum atomic E-state index is 0.321. The topological polar surface area (TPSA) is 21.3 Å². The van der Waals surface area contributed by atoms with Crippen LogP contribution in [0.3, 0.4) is 0 Å². The van der Waals surface area contributed by atoms with E-state index in [9.17, 15) is 0 Å². The van der Waals surface area contributed by atoms with E-state index >= 15 is 0 Å². The fraction of sp³-hybridized carbons (Fsp3) is 0.600. The molecule has 1 aromatic carbocycles. The van der Waals surface area contributed by atoms with Crippen molar-refractivity contribution in [3.8, 4) is 5.75 Å². The number of halogens is 1. The zero-order chi connectivity index (χ0) is 14.1. The Hall–Kier alpha value is -0.380. The number of hydrogen-bond donors (Lipinski definition) is 1. The average Bonchev–Trinajstić information content (AvgIpc) is 2.42. The molecule has 108 valence electrons. The molecule has 0 spiro atoms. The van der Waals surface area contributed by atoms with Crippen LogP contribution >= 0.6 is 23.4 Å². The second kappa shape index (κ2) is 9.51. The molecule has 0 saturated carbocycles. The molecule has 0 fully saturated rings. The lowest BCUT2D eigenvalue weighted by Gasteiger charge is -2.15. The molecule has 0 aliphatic rings. The minimum Gasteiger partial charge on any atom is -0.491 e. The first-order chi connectivity index (χ1) is 9.19. The highest BCUT2D eigenvalue weighted by Crippen LogP contribution is 2.28. The van der Waals surface area contributed by atoms with Gasteiger partial charge in [0, 0.05) is 11.8 Å². The van der Waals surface area contributed by atoms with Crippen molar-refractivity contribution >= 4 is 23.4 Å². The van der Waals surface area contributed by atoms with Crippen LogP contribution in [0.25, 0.3) is 0 Å². The highest BCUT2D eigenvalue weighted by Gasteiger charge is 2.08. The lowest BCUT2D eigenvalue weighted by atomic mass is 10.1. The van der Waals surface area contributed by atoms with Crippen molar-refractivity contribution in [1.82, 2.24) is 5.32 Å². The molecular weight excluding hydrogens is 278 g/mol. The van der Waals surface area contributed by atoms with Gasteiger partial charge >= 0.3 is 0 Å². The first-order valence-corrected chi connectivity index (χ1v) is 8.45. The molecule has 4 heteroatoms. The molecule has 19 heavy (non-hydrogen) atoms. The molecule has 0 bridgehead atoms. The Morgan fingerprint density at radius 2 is 2.16 bits per heavy atom. The SMILES string of the molecule is CCCNC(C)c1ccc(OCCSCC)c(Cl)c1. The van der Waals surface area contributed by atoms with Gasteiger partial charge in [0.25, 0.3) is 0 Å². The smallest absolute Gasteiger partial charge is 0.137 e. The van der Waals surface area contributed by atoms with Crippen molar-refractivity contribution in [2.75, 3.05) is 24.7 Å². The van der Waals surface area contributed by atoms with Gasteiger partial charge in [-0.05, 0) is 43.3 Å². The summed E-state index contributed by atoms with van der Waals surface area (Å²) in [6.07, 6.45) is 1.13. The molecule has 1 N–H and O–H groups in total. The molecule has 0 radical (unpaired) electrons. The maximum atomic E-state index is 6.26. The van der Waals surface area contributed by atoms with E-state index < -0.39 is 0 Å². The van der Waals surface area contributed by atoms with Crippen LogP contribution in [-0.4, -0.2) is 24.7 Å². The number of rotatable bonds is 9. The van der Waals surface area contributed by atoms with Gasteiger partial charge in [-0.25, -0.2) is 0 Å². The Labute approximate surface area is 126 Å². The van der Waals surface area contributed by atoms with E-state index in [1.807, 2.05) is 23.9 Å². The van der Waals surface area contributed by atoms with E-state index in [2.05, 4.69) is 32.2 Å². The van der Waals surface area contributed by atoms with Crippen LogP contribution in [0.4, 0.5) is 0 Å². The summed E-state index contributed by atoms with van der Waals surface area (Å²) in [7, 11) is 0. The zero-order valence-electron chi connectivity index (χ0n) is 12.0. The number of benzene rings is 1. The fourth-order valence-corrected chi connectivity index (χ4v) is 2.47. The second-order valence-electron chi connectivity index (χ2n) is 4.41. The lowest BCUT2D eigenvalue weighted by molar-refractivity contribution is 0.344. The summed E-state index contributed by atoms with van der Waals surface area (Å²) in [6, 6.07) is 6.37. The van der Waals surface area contributed by atoms with Crippen molar-refractivity contribution in [1.29, 1.82) is 0 Å². The van der Waals surface area contributed by atoms with Gasteiger partial charge in [0.15, 0.2) is 0 Å². The molecule has 0 heterocycles. The van der Waals surface area contributed by atoms with Gasteiger partial charge in [-0.15, -0.1) is 0 Å². The fourth-order valence-electron chi connectivity index (χ4n) is 1.74. The Bertz CT molecular complexity index is 373. The maximum Gasteiger partial charge on any atom is 0.137 e. The standard InChI is InChI=1S/C15H24ClNOS/c1-4-8-17-12(3)13-6-7-15(14(16)11-13)18-9-10-19-5-2/h6-7,11-12,17H,4-5,8-10H2,1-3H3. The summed E-state index contributed by atoms with van der Waals surface area (Å²) in [6.45, 7) is 8.20. The molecule has 0 aromatic heterocycles. The number of hydrogen-bond acceptors (Lipinski definition) is 3. The molecule has 1 unspecified atom stereocenters. The molecule has 0 aliphatic carbocycles. The Morgan fingerprint density at radius 3 is 2.79 bits per heavy atom. The summed E-state index contributed by atoms with van der Waals surface area (Å²) in [4.78, 5) is 0. The monoisotopic (exact) mass is 301 g/mol. The maximum absolute atomic E-state index is 6.26. The average molecular weight is 302 g/mol. The van der Waals surface area contributed by atoms with Crippen molar-refractivity contribution in [3.05, 3.63) is 28.8 Å². The molecule has 0 amide bonds. The molecule has 1 aromatic rings. The van der Waals surface area contributed by atoms with Gasteiger partial charge < -0.3 is 10.1 Å². The molecule has 0 aliphatic heterocycles. The van der Waals surface area contributed by atoms with Crippen molar-refractivity contribution in [2.24, 2.45) is 0 Å². The summed E-state index contributed by atoms with van der Waals surface area (Å²) in [5.74, 6) is 2.91. The van der Waals surface area contributed by atoms with Gasteiger partial charge in [0.1, 0.15) is 5.75 Å². The van der Waals surface area contributed by atoms with Gasteiger partial charge in [0.05, 0.1) is 11.6 Å². The third-order valence-corrected chi connectivity index (χ3v) is 4.00. The molecule has 0 saturated heterocycles. The van der Waals surface area contributed by atoms with E-state index in [-0.39, 0.29) is 0 Å². The summed E-state index contributed by atoms with van der Waals surface area (Å²) in [5.41, 5.74) is 1.20. The van der Waals surface area contributed by atoms with E-state index in [4.69, 9.17) is 16.3 Å². The molecular formula is C15H24ClNOS. The predicted octanol–water partition coefficient (Wildman–Crippen LogP) is 4.53. The van der Waals surface area contributed by atoms with Gasteiger partial charge in [-0.1, -0.05) is 31.5 Å². The number of ether oxygens (including phenoxy) is 1. The first-order valence-electron chi connectivity index (χ1n) is 6.92. The Morgan fingerprint density at radius 1 is 1.37 bits per heavy atom. The molecule has 1 rings (SSSR count). The van der Waals surface area contributed by atoms with E-state index in [1.165, 1.54) is 5.56 Å². The summed E-state index contributed by atoms with van der Waals surface area (Å²) >= 11 is 8.13. The quantitative estimate of drug-likeness (QED) is 0.677. The van der Waals surface area contributed by atoms with Crippen LogP contribution in [0.15, 0.2) is 18.2 Å². The normalized spacial score (nSPS) is 12.4. The lowest BCUT2D eigenvalue weighted by Crippen LogP contribution is -2.19. The van der Waals surface area contributed by atoms with Crippen LogP contribution in [0.2, 0.25) is 5.02 Å². The second-order valence-corrected chi connectivity index (χ2v) is 6.21. The number of thioether (sulfide) groups is 1. The molecule has 1 atom stereocenters. The predicted molar refractivity (Wildman–Crippen MR) is 86.7 cm³/mol. The van der Waals surface area contributed by atoms with Gasteiger partial charge in [0.2, 0.25) is 0 Å². The van der Waals surface area contributed by atoms with Crippen LogP contribution in [0.1, 0.15) is 38.8 Å². The number of nitrogens with one attached hydrogen (secondary N) is 1.